The van der Waals surface area contributed by atoms with E-state index in [0.717, 1.165) is 48.4 Å². The quantitative estimate of drug-likeness (QED) is 0.644. The molecule has 0 spiro atoms. The highest BCUT2D eigenvalue weighted by molar-refractivity contribution is 7.89. The summed E-state index contributed by atoms with van der Waals surface area (Å²) >= 11 is 0. The van der Waals surface area contributed by atoms with E-state index in [1.54, 1.807) is 12.0 Å². The summed E-state index contributed by atoms with van der Waals surface area (Å²) in [6, 6.07) is 11.8. The molecule has 1 N–H and O–H groups in total. The van der Waals surface area contributed by atoms with Gasteiger partial charge in [-0.25, -0.2) is 12.8 Å². The van der Waals surface area contributed by atoms with Gasteiger partial charge in [-0.15, -0.1) is 0 Å². The molecule has 0 aliphatic heterocycles. The van der Waals surface area contributed by atoms with Crippen molar-refractivity contribution in [2.24, 2.45) is 0 Å². The van der Waals surface area contributed by atoms with Gasteiger partial charge in [0.25, 0.3) is 15.9 Å². The fraction of sp³-hybridized carbons (Fsp3) is 0.316. The molecule has 0 saturated heterocycles. The molecule has 7 nitrogen and oxygen atoms in total. The standard InChI is InChI=1S/C19H21FN2O5S/c1-26-17-8-2-14(3-9-17)12-22(16-6-7-16)19(23)13-27-21-28(24,25)18-10-4-15(20)5-11-18/h2-5,8-11,16,21H,6-7,12-13H2,1H3. The summed E-state index contributed by atoms with van der Waals surface area (Å²) in [7, 11) is -2.41. The van der Waals surface area contributed by atoms with Crippen LogP contribution < -0.4 is 9.62 Å². The lowest BCUT2D eigenvalue weighted by Gasteiger charge is -2.22. The monoisotopic (exact) mass is 408 g/mol. The first-order chi connectivity index (χ1) is 13.4. The van der Waals surface area contributed by atoms with Gasteiger partial charge in [0.05, 0.1) is 12.0 Å². The second-order valence-corrected chi connectivity index (χ2v) is 8.08. The fourth-order valence-corrected chi connectivity index (χ4v) is 3.45. The zero-order valence-electron chi connectivity index (χ0n) is 15.3. The van der Waals surface area contributed by atoms with Gasteiger partial charge in [-0.3, -0.25) is 9.63 Å². The third-order valence-electron chi connectivity index (χ3n) is 4.31. The lowest BCUT2D eigenvalue weighted by molar-refractivity contribution is -0.138. The van der Waals surface area contributed by atoms with Crippen molar-refractivity contribution in [3.63, 3.8) is 0 Å². The van der Waals surface area contributed by atoms with E-state index in [1.807, 2.05) is 29.2 Å². The summed E-state index contributed by atoms with van der Waals surface area (Å²) in [5.41, 5.74) is 0.938. The lowest BCUT2D eigenvalue weighted by atomic mass is 10.2. The van der Waals surface area contributed by atoms with Crippen LogP contribution in [0.3, 0.4) is 0 Å². The van der Waals surface area contributed by atoms with E-state index >= 15 is 0 Å². The topological polar surface area (TPSA) is 84.9 Å². The summed E-state index contributed by atoms with van der Waals surface area (Å²) in [6.07, 6.45) is 1.81. The normalized spacial score (nSPS) is 13.9. The Bertz CT molecular complexity index is 912. The van der Waals surface area contributed by atoms with E-state index in [4.69, 9.17) is 9.57 Å². The number of nitrogens with zero attached hydrogens (tertiary/aromatic N) is 1. The Morgan fingerprint density at radius 3 is 2.36 bits per heavy atom. The van der Waals surface area contributed by atoms with E-state index < -0.39 is 22.4 Å². The maximum Gasteiger partial charge on any atom is 0.262 e. The Balaban J connectivity index is 1.56. The number of ether oxygens (including phenoxy) is 1. The minimum absolute atomic E-state index is 0.131. The average molecular weight is 408 g/mol. The van der Waals surface area contributed by atoms with Crippen LogP contribution >= 0.6 is 0 Å². The minimum Gasteiger partial charge on any atom is -0.497 e. The first-order valence-corrected chi connectivity index (χ1v) is 10.2. The second-order valence-electron chi connectivity index (χ2n) is 6.43. The van der Waals surface area contributed by atoms with Gasteiger partial charge in [0.15, 0.2) is 0 Å². The van der Waals surface area contributed by atoms with Crippen LogP contribution in [0, 0.1) is 5.82 Å². The molecule has 2 aromatic carbocycles. The first-order valence-electron chi connectivity index (χ1n) is 8.70. The zero-order chi connectivity index (χ0) is 20.1. The molecule has 0 bridgehead atoms. The fourth-order valence-electron chi connectivity index (χ4n) is 2.65. The van der Waals surface area contributed by atoms with Gasteiger partial charge in [0, 0.05) is 12.6 Å². The van der Waals surface area contributed by atoms with Crippen molar-refractivity contribution in [2.75, 3.05) is 13.7 Å². The molecule has 0 radical (unpaired) electrons. The van der Waals surface area contributed by atoms with Gasteiger partial charge in [0.2, 0.25) is 0 Å². The van der Waals surface area contributed by atoms with Crippen LogP contribution in [0.25, 0.3) is 0 Å². The molecule has 1 amide bonds. The van der Waals surface area contributed by atoms with E-state index in [2.05, 4.69) is 0 Å². The van der Waals surface area contributed by atoms with Crippen molar-refractivity contribution in [2.45, 2.75) is 30.3 Å². The van der Waals surface area contributed by atoms with Crippen LogP contribution in [-0.4, -0.2) is 39.0 Å². The number of benzene rings is 2. The number of nitrogens with one attached hydrogen (secondary N) is 1. The smallest absolute Gasteiger partial charge is 0.262 e. The molecule has 1 fully saturated rings. The van der Waals surface area contributed by atoms with Crippen LogP contribution in [0.2, 0.25) is 0 Å². The van der Waals surface area contributed by atoms with Crippen LogP contribution in [0.1, 0.15) is 18.4 Å². The van der Waals surface area contributed by atoms with Gasteiger partial charge in [-0.05, 0) is 54.8 Å². The summed E-state index contributed by atoms with van der Waals surface area (Å²) in [5, 5.41) is 0. The lowest BCUT2D eigenvalue weighted by Crippen LogP contribution is -2.37. The third-order valence-corrected chi connectivity index (χ3v) is 5.54. The van der Waals surface area contributed by atoms with Crippen LogP contribution in [0.4, 0.5) is 4.39 Å². The zero-order valence-corrected chi connectivity index (χ0v) is 16.1. The number of amides is 1. The first kappa shape index (κ1) is 20.2. The molecule has 1 aliphatic carbocycles. The number of halogens is 1. The van der Waals surface area contributed by atoms with Crippen molar-refractivity contribution in [1.29, 1.82) is 0 Å². The molecule has 150 valence electrons. The van der Waals surface area contributed by atoms with E-state index in [0.29, 0.717) is 6.54 Å². The van der Waals surface area contributed by atoms with Crippen molar-refractivity contribution < 1.29 is 27.2 Å². The average Bonchev–Trinajstić information content (AvgIpc) is 3.51. The minimum atomic E-state index is -3.99. The molecule has 0 heterocycles. The molecule has 0 unspecified atom stereocenters. The SMILES string of the molecule is COc1ccc(CN(C(=O)CONS(=O)(=O)c2ccc(F)cc2)C2CC2)cc1. The highest BCUT2D eigenvalue weighted by Crippen LogP contribution is 2.28. The number of methoxy groups -OCH3 is 1. The molecule has 9 heteroatoms. The maximum atomic E-state index is 12.9. The van der Waals surface area contributed by atoms with E-state index in [-0.39, 0.29) is 16.8 Å². The highest BCUT2D eigenvalue weighted by Gasteiger charge is 2.32. The predicted molar refractivity (Wildman–Crippen MR) is 99.2 cm³/mol. The Hall–Kier alpha value is -2.49. The summed E-state index contributed by atoms with van der Waals surface area (Å²) in [4.78, 5) is 20.9. The van der Waals surface area contributed by atoms with Crippen LogP contribution in [-0.2, 0) is 26.2 Å². The Kier molecular flexibility index (Phi) is 6.28. The Labute approximate surface area is 163 Å². The molecule has 1 aliphatic rings. The summed E-state index contributed by atoms with van der Waals surface area (Å²) in [5.74, 6) is -0.139. The number of rotatable bonds is 9. The molecule has 28 heavy (non-hydrogen) atoms. The molecular weight excluding hydrogens is 387 g/mol. The van der Waals surface area contributed by atoms with Crippen LogP contribution in [0.5, 0.6) is 5.75 Å². The van der Waals surface area contributed by atoms with E-state index in [1.165, 1.54) is 0 Å². The number of carbonyl (C=O) groups excluding carboxylic acids is 1. The number of sulfonamides is 1. The van der Waals surface area contributed by atoms with Gasteiger partial charge >= 0.3 is 0 Å². The third kappa shape index (κ3) is 5.28. The molecule has 2 aromatic rings. The molecule has 3 rings (SSSR count). The summed E-state index contributed by atoms with van der Waals surface area (Å²) < 4.78 is 42.2. The Morgan fingerprint density at radius 2 is 1.79 bits per heavy atom. The highest BCUT2D eigenvalue weighted by atomic mass is 32.2. The number of hydrogen-bond donors (Lipinski definition) is 1. The largest absolute Gasteiger partial charge is 0.497 e. The van der Waals surface area contributed by atoms with Gasteiger partial charge in [0.1, 0.15) is 18.2 Å². The van der Waals surface area contributed by atoms with Crippen molar-refractivity contribution in [3.05, 3.63) is 59.9 Å². The Morgan fingerprint density at radius 1 is 1.14 bits per heavy atom. The van der Waals surface area contributed by atoms with Gasteiger partial charge in [-0.2, -0.15) is 0 Å². The van der Waals surface area contributed by atoms with Crippen LogP contribution in [0.15, 0.2) is 53.4 Å². The number of hydrogen-bond acceptors (Lipinski definition) is 5. The van der Waals surface area contributed by atoms with Crippen molar-refractivity contribution in [1.82, 2.24) is 9.79 Å². The maximum absolute atomic E-state index is 12.9. The summed E-state index contributed by atoms with van der Waals surface area (Å²) in [6.45, 7) is -0.0331. The van der Waals surface area contributed by atoms with E-state index in [9.17, 15) is 17.6 Å². The second kappa shape index (κ2) is 8.68. The van der Waals surface area contributed by atoms with Gasteiger partial charge < -0.3 is 9.64 Å². The molecular formula is C19H21FN2O5S. The predicted octanol–water partition coefficient (Wildman–Crippen LogP) is 2.24. The van der Waals surface area contributed by atoms with Gasteiger partial charge in [-0.1, -0.05) is 17.0 Å². The molecule has 1 saturated carbocycles. The number of carbonyl (C=O) groups is 1. The molecule has 0 aromatic heterocycles. The van der Waals surface area contributed by atoms with Crippen molar-refractivity contribution >= 4 is 15.9 Å². The van der Waals surface area contributed by atoms with Crippen molar-refractivity contribution in [3.8, 4) is 5.75 Å². The molecule has 0 atom stereocenters.